The minimum Gasteiger partial charge on any atom is -0.481 e. The largest absolute Gasteiger partial charge is 0.481 e. The molecule has 0 saturated carbocycles. The van der Waals surface area contributed by atoms with Crippen LogP contribution in [0, 0.1) is 12.3 Å². The fourth-order valence-corrected chi connectivity index (χ4v) is 5.14. The van der Waals surface area contributed by atoms with Gasteiger partial charge in [0.1, 0.15) is 0 Å². The minimum atomic E-state index is -0.429. The van der Waals surface area contributed by atoms with E-state index in [0.29, 0.717) is 0 Å². The van der Waals surface area contributed by atoms with Gasteiger partial charge in [-0.2, -0.15) is 5.10 Å². The molecule has 1 aromatic heterocycles. The van der Waals surface area contributed by atoms with E-state index in [2.05, 4.69) is 58.5 Å². The Morgan fingerprint density at radius 1 is 1.09 bits per heavy atom. The molecule has 0 spiro atoms. The summed E-state index contributed by atoms with van der Waals surface area (Å²) in [6.07, 6.45) is 1.57. The molecule has 33 heavy (non-hydrogen) atoms. The van der Waals surface area contributed by atoms with Crippen LogP contribution in [0.15, 0.2) is 54.6 Å². The number of amides is 1. The van der Waals surface area contributed by atoms with Gasteiger partial charge in [-0.05, 0) is 43.0 Å². The van der Waals surface area contributed by atoms with Crippen molar-refractivity contribution in [2.75, 3.05) is 34.3 Å². The van der Waals surface area contributed by atoms with E-state index in [4.69, 9.17) is 4.74 Å². The Labute approximate surface area is 196 Å². The van der Waals surface area contributed by atoms with Gasteiger partial charge in [-0.25, -0.2) is 4.68 Å². The second kappa shape index (κ2) is 9.40. The van der Waals surface area contributed by atoms with E-state index in [-0.39, 0.29) is 5.91 Å². The summed E-state index contributed by atoms with van der Waals surface area (Å²) >= 11 is 0. The van der Waals surface area contributed by atoms with Crippen LogP contribution in [0.2, 0.25) is 0 Å². The number of carbonyl (C=O) groups excluding carboxylic acids is 1. The molecular formula is C27H34N4O2. The highest BCUT2D eigenvalue weighted by Gasteiger charge is 2.45. The smallest absolute Gasteiger partial charge is 0.229 e. The van der Waals surface area contributed by atoms with Crippen molar-refractivity contribution in [2.45, 2.75) is 26.3 Å². The van der Waals surface area contributed by atoms with Gasteiger partial charge in [-0.15, -0.1) is 0 Å². The number of hydrogen-bond acceptors (Lipinski definition) is 4. The molecule has 4 rings (SSSR count). The Bertz CT molecular complexity index is 1110. The van der Waals surface area contributed by atoms with Crippen LogP contribution in [0.5, 0.6) is 5.88 Å². The zero-order valence-corrected chi connectivity index (χ0v) is 20.3. The first-order valence-electron chi connectivity index (χ1n) is 11.5. The first-order valence-corrected chi connectivity index (χ1v) is 11.5. The van der Waals surface area contributed by atoms with Crippen LogP contribution in [0.3, 0.4) is 0 Å². The van der Waals surface area contributed by atoms with E-state index in [0.717, 1.165) is 49.6 Å². The van der Waals surface area contributed by atoms with Gasteiger partial charge >= 0.3 is 0 Å². The third-order valence-corrected chi connectivity index (χ3v) is 6.76. The van der Waals surface area contributed by atoms with Crippen molar-refractivity contribution < 1.29 is 9.53 Å². The van der Waals surface area contributed by atoms with E-state index in [1.165, 1.54) is 16.7 Å². The van der Waals surface area contributed by atoms with Gasteiger partial charge in [0.2, 0.25) is 11.8 Å². The zero-order chi connectivity index (χ0) is 23.6. The molecule has 2 heterocycles. The lowest BCUT2D eigenvalue weighted by molar-refractivity contribution is -0.138. The predicted octanol–water partition coefficient (Wildman–Crippen LogP) is 3.93. The Hall–Kier alpha value is -3.12. The topological polar surface area (TPSA) is 50.6 Å². The number of methoxy groups -OCH3 is 1. The van der Waals surface area contributed by atoms with Crippen molar-refractivity contribution in [1.29, 1.82) is 0 Å². The van der Waals surface area contributed by atoms with Crippen LogP contribution < -0.4 is 4.74 Å². The molecule has 6 heteroatoms. The highest BCUT2D eigenvalue weighted by atomic mass is 16.5. The van der Waals surface area contributed by atoms with E-state index in [1.807, 2.05) is 34.1 Å². The molecule has 1 fully saturated rings. The second-order valence-electron chi connectivity index (χ2n) is 9.38. The molecule has 1 unspecified atom stereocenters. The molecule has 1 amide bonds. The lowest BCUT2D eigenvalue weighted by Crippen LogP contribution is -2.43. The number of aryl methyl sites for hydroxylation is 2. The van der Waals surface area contributed by atoms with Gasteiger partial charge in [0.15, 0.2) is 0 Å². The Balaban J connectivity index is 1.55. The van der Waals surface area contributed by atoms with Crippen LogP contribution in [0.25, 0.3) is 11.1 Å². The van der Waals surface area contributed by atoms with E-state index < -0.39 is 5.41 Å². The van der Waals surface area contributed by atoms with Crippen molar-refractivity contribution in [1.82, 2.24) is 19.6 Å². The molecule has 3 aromatic rings. The first kappa shape index (κ1) is 23.1. The number of carbonyl (C=O) groups is 1. The van der Waals surface area contributed by atoms with Gasteiger partial charge < -0.3 is 9.64 Å². The summed E-state index contributed by atoms with van der Waals surface area (Å²) in [7, 11) is 7.31. The third kappa shape index (κ3) is 4.67. The molecule has 1 aliphatic rings. The average Bonchev–Trinajstić information content (AvgIpc) is 3.34. The van der Waals surface area contributed by atoms with E-state index in [9.17, 15) is 4.79 Å². The van der Waals surface area contributed by atoms with E-state index >= 15 is 0 Å². The highest BCUT2D eigenvalue weighted by molar-refractivity contribution is 5.83. The first-order chi connectivity index (χ1) is 15.8. The van der Waals surface area contributed by atoms with E-state index in [1.54, 1.807) is 16.7 Å². The number of ether oxygens (including phenoxy) is 1. The summed E-state index contributed by atoms with van der Waals surface area (Å²) in [5, 5.41) is 4.51. The highest BCUT2D eigenvalue weighted by Crippen LogP contribution is 2.38. The summed E-state index contributed by atoms with van der Waals surface area (Å²) in [5.41, 5.74) is 5.24. The van der Waals surface area contributed by atoms with Crippen molar-refractivity contribution in [2.24, 2.45) is 12.5 Å². The van der Waals surface area contributed by atoms with Crippen molar-refractivity contribution in [3.63, 3.8) is 0 Å². The normalized spacial score (nSPS) is 18.5. The lowest BCUT2D eigenvalue weighted by Gasteiger charge is -2.31. The molecule has 174 valence electrons. The number of benzene rings is 2. The summed E-state index contributed by atoms with van der Waals surface area (Å²) in [5.74, 6) is 0.993. The zero-order valence-electron chi connectivity index (χ0n) is 20.3. The molecule has 0 bridgehead atoms. The van der Waals surface area contributed by atoms with Crippen LogP contribution in [0.1, 0.15) is 23.2 Å². The molecule has 2 aromatic carbocycles. The fourth-order valence-electron chi connectivity index (χ4n) is 5.14. The molecule has 0 N–H and O–H groups in total. The number of likely N-dealkylation sites (tertiary alicyclic amines) is 1. The number of hydrogen-bond donors (Lipinski definition) is 0. The predicted molar refractivity (Wildman–Crippen MR) is 131 cm³/mol. The summed E-state index contributed by atoms with van der Waals surface area (Å²) < 4.78 is 7.37. The SMILES string of the molecule is COc1c(CN2CCC(Cc3ccc(-c4ccccc4)cc3)(C(=O)N(C)C)C2)c(C)nn1C. The maximum Gasteiger partial charge on any atom is 0.229 e. The fraction of sp³-hybridized carbons (Fsp3) is 0.407. The molecular weight excluding hydrogens is 412 g/mol. The van der Waals surface area contributed by atoms with Crippen LogP contribution >= 0.6 is 0 Å². The van der Waals surface area contributed by atoms with Gasteiger partial charge in [0, 0.05) is 34.2 Å². The maximum absolute atomic E-state index is 13.4. The van der Waals surface area contributed by atoms with Gasteiger partial charge in [-0.3, -0.25) is 9.69 Å². The molecule has 1 atom stereocenters. The average molecular weight is 447 g/mol. The molecule has 1 aliphatic heterocycles. The minimum absolute atomic E-state index is 0.201. The molecule has 1 saturated heterocycles. The number of rotatable bonds is 7. The number of nitrogens with zero attached hydrogens (tertiary/aromatic N) is 4. The standard InChI is InChI=1S/C27H34N4O2/c1-20-24(25(33-5)30(4)28-20)18-31-16-15-27(19-31,26(32)29(2)3)17-21-11-13-23(14-12-21)22-9-7-6-8-10-22/h6-14H,15-19H2,1-5H3. The van der Waals surface area contributed by atoms with Crippen molar-refractivity contribution in [3.05, 3.63) is 71.4 Å². The summed E-state index contributed by atoms with van der Waals surface area (Å²) in [4.78, 5) is 17.5. The Morgan fingerprint density at radius 3 is 2.39 bits per heavy atom. The van der Waals surface area contributed by atoms with Crippen molar-refractivity contribution in [3.8, 4) is 17.0 Å². The summed E-state index contributed by atoms with van der Waals surface area (Å²) in [6, 6.07) is 19.0. The maximum atomic E-state index is 13.4. The monoisotopic (exact) mass is 446 g/mol. The second-order valence-corrected chi connectivity index (χ2v) is 9.38. The van der Waals surface area contributed by atoms with Crippen molar-refractivity contribution >= 4 is 5.91 Å². The van der Waals surface area contributed by atoms with Gasteiger partial charge in [0.05, 0.1) is 23.8 Å². The molecule has 6 nitrogen and oxygen atoms in total. The van der Waals surface area contributed by atoms with Gasteiger partial charge in [0.25, 0.3) is 0 Å². The quantitative estimate of drug-likeness (QED) is 0.552. The number of aromatic nitrogens is 2. The summed E-state index contributed by atoms with van der Waals surface area (Å²) in [6.45, 7) is 4.35. The van der Waals surface area contributed by atoms with Crippen LogP contribution in [-0.4, -0.2) is 59.8 Å². The molecule has 0 aliphatic carbocycles. The molecule has 0 radical (unpaired) electrons. The third-order valence-electron chi connectivity index (χ3n) is 6.76. The Morgan fingerprint density at radius 2 is 1.76 bits per heavy atom. The van der Waals surface area contributed by atoms with Crippen LogP contribution in [0.4, 0.5) is 0 Å². The van der Waals surface area contributed by atoms with Crippen LogP contribution in [-0.2, 0) is 24.8 Å². The van der Waals surface area contributed by atoms with Gasteiger partial charge in [-0.1, -0.05) is 54.6 Å². The Kier molecular flexibility index (Phi) is 6.56. The lowest BCUT2D eigenvalue weighted by atomic mass is 9.79.